The molecular formula is C57H78. The number of hydrogen-bond donors (Lipinski definition) is 0. The molecule has 0 spiro atoms. The molecule has 0 fully saturated rings. The van der Waals surface area contributed by atoms with Gasteiger partial charge in [-0.1, -0.05) is 225 Å². The Hall–Kier alpha value is -4.68. The summed E-state index contributed by atoms with van der Waals surface area (Å²) in [6, 6.07) is 32.4. The second-order valence-corrected chi connectivity index (χ2v) is 15.5. The van der Waals surface area contributed by atoms with E-state index in [2.05, 4.69) is 222 Å². The molecule has 0 amide bonds. The van der Waals surface area contributed by atoms with Gasteiger partial charge >= 0.3 is 0 Å². The quantitative estimate of drug-likeness (QED) is 0.176. The molecule has 2 aliphatic rings. The van der Waals surface area contributed by atoms with Crippen molar-refractivity contribution in [1.82, 2.24) is 0 Å². The van der Waals surface area contributed by atoms with E-state index in [1.807, 2.05) is 26.8 Å². The van der Waals surface area contributed by atoms with Crippen molar-refractivity contribution in [2.45, 2.75) is 134 Å². The van der Waals surface area contributed by atoms with Gasteiger partial charge in [-0.25, -0.2) is 0 Å². The molecule has 0 nitrogen and oxygen atoms in total. The normalized spacial score (nSPS) is 14.9. The van der Waals surface area contributed by atoms with Gasteiger partial charge in [0.1, 0.15) is 0 Å². The summed E-state index contributed by atoms with van der Waals surface area (Å²) in [7, 11) is 0. The number of benzene rings is 4. The zero-order valence-corrected chi connectivity index (χ0v) is 38.5. The lowest BCUT2D eigenvalue weighted by atomic mass is 9.81. The van der Waals surface area contributed by atoms with Gasteiger partial charge in [0, 0.05) is 5.41 Å². The van der Waals surface area contributed by atoms with Crippen LogP contribution in [0.5, 0.6) is 0 Å². The number of fused-ring (bicyclic) bond motifs is 1. The van der Waals surface area contributed by atoms with Crippen molar-refractivity contribution in [3.05, 3.63) is 202 Å². The summed E-state index contributed by atoms with van der Waals surface area (Å²) in [5, 5.41) is 0. The highest BCUT2D eigenvalue weighted by molar-refractivity contribution is 5.87. The molecule has 0 saturated carbocycles. The van der Waals surface area contributed by atoms with Crippen LogP contribution in [0.4, 0.5) is 0 Å². The smallest absolute Gasteiger partial charge is 0.0158 e. The first-order valence-corrected chi connectivity index (χ1v) is 21.6. The summed E-state index contributed by atoms with van der Waals surface area (Å²) < 4.78 is 0. The Labute approximate surface area is 352 Å². The Morgan fingerprint density at radius 3 is 1.77 bits per heavy atom. The standard InChI is InChI=1S/C19H24.C11H14.C10H14.C8H10.C7H10.C2H6/c1-6-9-14-11-12-18-16(13-14)15(10-7-2)17(8-3)19(18,4)5;1-4-6-11-9(2)7-5-8-10(11)3;1-3-9(2)10-7-5-4-6-8-10;1-7-3-5-8(2)6-4-7;1-7-5-3-2-4-6-7;1-2/h7-8,10-13H,3,6,9H2,1-2,4-5H3;4-8H,1-3H3;4-9H,3H2,1-2H3;3-6H,1-2H3;2-5,7H,6H2,1H3;1-2H3/b10-7-;6-4-;;;;. The molecule has 2 atom stereocenters. The van der Waals surface area contributed by atoms with E-state index in [1.165, 1.54) is 80.5 Å². The average molecular weight is 763 g/mol. The molecule has 0 heterocycles. The first-order chi connectivity index (χ1) is 27.3. The minimum absolute atomic E-state index is 0.0661. The van der Waals surface area contributed by atoms with Crippen LogP contribution in [0, 0.1) is 33.6 Å². The van der Waals surface area contributed by atoms with Crippen LogP contribution < -0.4 is 0 Å². The first-order valence-electron chi connectivity index (χ1n) is 21.6. The molecule has 0 heteroatoms. The molecule has 4 aromatic rings. The van der Waals surface area contributed by atoms with Crippen molar-refractivity contribution in [2.24, 2.45) is 5.92 Å². The molecule has 0 bridgehead atoms. The number of aryl methyl sites for hydroxylation is 5. The van der Waals surface area contributed by atoms with Crippen molar-refractivity contribution in [3.63, 3.8) is 0 Å². The van der Waals surface area contributed by atoms with E-state index in [4.69, 9.17) is 0 Å². The van der Waals surface area contributed by atoms with Crippen molar-refractivity contribution in [2.75, 3.05) is 0 Å². The van der Waals surface area contributed by atoms with Crippen LogP contribution in [0.2, 0.25) is 0 Å². The number of hydrogen-bond acceptors (Lipinski definition) is 0. The van der Waals surface area contributed by atoms with Crippen molar-refractivity contribution < 1.29 is 0 Å². The Bertz CT molecular complexity index is 1830. The maximum absolute atomic E-state index is 4.02. The van der Waals surface area contributed by atoms with Gasteiger partial charge in [0.05, 0.1) is 0 Å². The molecule has 2 unspecified atom stereocenters. The van der Waals surface area contributed by atoms with E-state index in [1.54, 1.807) is 0 Å². The third kappa shape index (κ3) is 17.1. The summed E-state index contributed by atoms with van der Waals surface area (Å²) >= 11 is 0. The fraction of sp³-hybridized carbons (Fsp3) is 0.368. The van der Waals surface area contributed by atoms with Crippen LogP contribution >= 0.6 is 0 Å². The summed E-state index contributed by atoms with van der Waals surface area (Å²) in [6.07, 6.45) is 24.0. The molecule has 306 valence electrons. The minimum atomic E-state index is 0.0661. The largest absolute Gasteiger partial charge is 0.0987 e. The maximum atomic E-state index is 4.02. The molecule has 4 aromatic carbocycles. The molecule has 0 saturated heterocycles. The monoisotopic (exact) mass is 763 g/mol. The fourth-order valence-corrected chi connectivity index (χ4v) is 6.76. The van der Waals surface area contributed by atoms with Crippen molar-refractivity contribution >= 4 is 11.6 Å². The van der Waals surface area contributed by atoms with Gasteiger partial charge in [0.2, 0.25) is 0 Å². The topological polar surface area (TPSA) is 0 Å². The Morgan fingerprint density at radius 2 is 1.33 bits per heavy atom. The van der Waals surface area contributed by atoms with Crippen LogP contribution in [-0.2, 0) is 11.8 Å². The molecule has 0 aliphatic heterocycles. The van der Waals surface area contributed by atoms with Gasteiger partial charge in [0.15, 0.2) is 0 Å². The van der Waals surface area contributed by atoms with Gasteiger partial charge in [-0.05, 0) is 123 Å². The Kier molecular flexibility index (Phi) is 24.6. The van der Waals surface area contributed by atoms with Crippen molar-refractivity contribution in [1.29, 1.82) is 0 Å². The summed E-state index contributed by atoms with van der Waals surface area (Å²) in [5.74, 6) is 1.48. The van der Waals surface area contributed by atoms with E-state index >= 15 is 0 Å². The van der Waals surface area contributed by atoms with Gasteiger partial charge in [-0.2, -0.15) is 0 Å². The molecule has 0 aromatic heterocycles. The highest BCUT2D eigenvalue weighted by Crippen LogP contribution is 2.47. The highest BCUT2D eigenvalue weighted by atomic mass is 14.4. The predicted molar refractivity (Wildman–Crippen MR) is 260 cm³/mol. The maximum Gasteiger partial charge on any atom is 0.0158 e. The van der Waals surface area contributed by atoms with Gasteiger partial charge < -0.3 is 0 Å². The molecule has 0 radical (unpaired) electrons. The van der Waals surface area contributed by atoms with Crippen LogP contribution in [0.15, 0.2) is 152 Å². The summed E-state index contributed by atoms with van der Waals surface area (Å²) in [6.45, 7) is 34.1. The minimum Gasteiger partial charge on any atom is -0.0987 e. The zero-order chi connectivity index (χ0) is 42.8. The third-order valence-corrected chi connectivity index (χ3v) is 10.4. The predicted octanol–water partition coefficient (Wildman–Crippen LogP) is 17.5. The van der Waals surface area contributed by atoms with Crippen molar-refractivity contribution in [3.8, 4) is 0 Å². The van der Waals surface area contributed by atoms with E-state index in [-0.39, 0.29) is 5.41 Å². The highest BCUT2D eigenvalue weighted by Gasteiger charge is 2.35. The summed E-state index contributed by atoms with van der Waals surface area (Å²) in [5.41, 5.74) is 15.2. The van der Waals surface area contributed by atoms with Crippen LogP contribution in [0.25, 0.3) is 11.6 Å². The van der Waals surface area contributed by atoms with E-state index in [9.17, 15) is 0 Å². The van der Waals surface area contributed by atoms with E-state index in [0.717, 1.165) is 12.3 Å². The second kappa shape index (κ2) is 27.8. The van der Waals surface area contributed by atoms with Crippen LogP contribution in [-0.4, -0.2) is 0 Å². The average Bonchev–Trinajstić information content (AvgIpc) is 3.43. The molecule has 6 rings (SSSR count). The second-order valence-electron chi connectivity index (χ2n) is 15.5. The van der Waals surface area contributed by atoms with Crippen LogP contribution in [0.3, 0.4) is 0 Å². The lowest BCUT2D eigenvalue weighted by Gasteiger charge is -2.22. The first kappa shape index (κ1) is 50.3. The van der Waals surface area contributed by atoms with E-state index < -0.39 is 0 Å². The lowest BCUT2D eigenvalue weighted by Crippen LogP contribution is -2.16. The van der Waals surface area contributed by atoms with E-state index in [0.29, 0.717) is 5.92 Å². The van der Waals surface area contributed by atoms with Gasteiger partial charge in [-0.3, -0.25) is 0 Å². The molecule has 57 heavy (non-hydrogen) atoms. The van der Waals surface area contributed by atoms with Gasteiger partial charge in [-0.15, -0.1) is 0 Å². The number of rotatable bonds is 7. The Balaban J connectivity index is 0.000000370. The van der Waals surface area contributed by atoms with Crippen LogP contribution in [0.1, 0.15) is 144 Å². The molecule has 2 aliphatic carbocycles. The molecule has 0 N–H and O–H groups in total. The van der Waals surface area contributed by atoms with Gasteiger partial charge in [0.25, 0.3) is 0 Å². The molecular weight excluding hydrogens is 685 g/mol. The SMILES string of the molecule is C/C=C\c1c(C)cccc1C.C=CC1=C(/C=C\C)c2cc(CCC)ccc2C1(C)C.CC.CC1C=CC=CC1.CCC(C)c1ccccc1.Cc1ccc(C)cc1. The number of allylic oxidation sites excluding steroid dienone is 10. The summed E-state index contributed by atoms with van der Waals surface area (Å²) in [4.78, 5) is 0. The zero-order valence-electron chi connectivity index (χ0n) is 38.5. The fourth-order valence-electron chi connectivity index (χ4n) is 6.76. The Morgan fingerprint density at radius 1 is 0.754 bits per heavy atom. The lowest BCUT2D eigenvalue weighted by molar-refractivity contribution is 0.654. The third-order valence-electron chi connectivity index (χ3n) is 10.4.